The van der Waals surface area contributed by atoms with Gasteiger partial charge in [-0.25, -0.2) is 4.98 Å². The summed E-state index contributed by atoms with van der Waals surface area (Å²) in [6.45, 7) is 3.44. The van der Waals surface area contributed by atoms with Crippen molar-refractivity contribution in [2.75, 3.05) is 5.32 Å². The van der Waals surface area contributed by atoms with E-state index < -0.39 is 20.7 Å². The molecule has 0 radical (unpaired) electrons. The average Bonchev–Trinajstić information content (AvgIpc) is 2.98. The van der Waals surface area contributed by atoms with E-state index in [9.17, 15) is 9.59 Å². The van der Waals surface area contributed by atoms with Crippen LogP contribution >= 0.6 is 20.7 Å². The highest BCUT2D eigenvalue weighted by Gasteiger charge is 2.09. The highest BCUT2D eigenvalue weighted by molar-refractivity contribution is 14.2. The maximum Gasteiger partial charge on any atom is 0.247 e. The van der Waals surface area contributed by atoms with Crippen LogP contribution in [-0.2, 0) is 9.59 Å². The van der Waals surface area contributed by atoms with Gasteiger partial charge in [0.2, 0.25) is 5.91 Å². The van der Waals surface area contributed by atoms with Crippen LogP contribution in [0.5, 0.6) is 0 Å². The van der Waals surface area contributed by atoms with Gasteiger partial charge < -0.3 is 5.32 Å². The normalized spacial score (nSPS) is 13.8. The summed E-state index contributed by atoms with van der Waals surface area (Å²) in [6, 6.07) is 5.53. The zero-order valence-electron chi connectivity index (χ0n) is 11.5. The second kappa shape index (κ2) is 6.18. The number of allylic oxidation sites excluding steroid dienone is 4. The van der Waals surface area contributed by atoms with Crippen LogP contribution < -0.4 is 5.32 Å². The van der Waals surface area contributed by atoms with Gasteiger partial charge in [0.1, 0.15) is 6.33 Å². The zero-order chi connectivity index (χ0) is 15.5. The van der Waals surface area contributed by atoms with Crippen molar-refractivity contribution in [1.82, 2.24) is 9.55 Å². The van der Waals surface area contributed by atoms with Gasteiger partial charge in [0.05, 0.1) is 16.7 Å². The minimum atomic E-state index is -0.412. The zero-order valence-corrected chi connectivity index (χ0v) is 13.6. The molecule has 22 heavy (non-hydrogen) atoms. The van der Waals surface area contributed by atoms with Gasteiger partial charge in [0.15, 0.2) is 6.29 Å². The lowest BCUT2D eigenvalue weighted by Crippen LogP contribution is -2.07. The van der Waals surface area contributed by atoms with Crippen molar-refractivity contribution < 1.29 is 9.59 Å². The monoisotopic (exact) mass is 405 g/mol. The van der Waals surface area contributed by atoms with Gasteiger partial charge in [-0.15, -0.1) is 0 Å². The van der Waals surface area contributed by atoms with Crippen molar-refractivity contribution in [1.29, 1.82) is 0 Å². The number of fused-ring (bicyclic) bond motifs is 1. The molecule has 1 amide bonds. The van der Waals surface area contributed by atoms with Crippen molar-refractivity contribution in [3.05, 3.63) is 52.9 Å². The smallest absolute Gasteiger partial charge is 0.247 e. The summed E-state index contributed by atoms with van der Waals surface area (Å²) in [5, 5.41) is 2.74. The summed E-state index contributed by atoms with van der Waals surface area (Å²) in [7, 11) is 0. The molecule has 2 heterocycles. The molecule has 1 N–H and O–H groups in total. The molecule has 0 unspecified atom stereocenters. The van der Waals surface area contributed by atoms with Crippen LogP contribution in [0.15, 0.2) is 52.9 Å². The van der Waals surface area contributed by atoms with Crippen molar-refractivity contribution >= 4 is 59.4 Å². The molecule has 5 nitrogen and oxygen atoms in total. The number of nitrogens with one attached hydrogen (secondary N) is 1. The fourth-order valence-corrected chi connectivity index (χ4v) is 3.76. The van der Waals surface area contributed by atoms with Gasteiger partial charge in [0.25, 0.3) is 0 Å². The van der Waals surface area contributed by atoms with Crippen molar-refractivity contribution in [2.45, 2.75) is 0 Å². The first-order valence-electron chi connectivity index (χ1n) is 6.46. The first-order valence-corrected chi connectivity index (χ1v) is 8.78. The van der Waals surface area contributed by atoms with Gasteiger partial charge in [0, 0.05) is 9.27 Å². The summed E-state index contributed by atoms with van der Waals surface area (Å²) in [6.07, 6.45) is 7.64. The number of nitrogens with zero attached hydrogens (tertiary/aromatic N) is 2. The van der Waals surface area contributed by atoms with E-state index in [1.165, 1.54) is 6.08 Å². The maximum atomic E-state index is 11.4. The van der Waals surface area contributed by atoms with Gasteiger partial charge in [-0.05, 0) is 40.4 Å². The van der Waals surface area contributed by atoms with E-state index in [4.69, 9.17) is 0 Å². The SMILES string of the molecule is C=CC(=O)Nc1ccc2ncn(C3=CC=C(C=O)I=C3)c2c1. The first-order chi connectivity index (χ1) is 10.7. The second-order valence-electron chi connectivity index (χ2n) is 4.49. The third-order valence-electron chi connectivity index (χ3n) is 3.10. The van der Waals surface area contributed by atoms with Crippen LogP contribution in [-0.4, -0.2) is 25.8 Å². The number of carbonyl (C=O) groups excluding carboxylic acids is 2. The Balaban J connectivity index is 2.02. The Morgan fingerprint density at radius 1 is 1.36 bits per heavy atom. The standard InChI is InChI=1S/C16H12IN3O2/c1-2-16(22)19-12-4-6-14-15(7-12)20(10-18-14)13-5-3-11(9-21)17-8-13/h2-10H,1H2,(H,19,22). The lowest BCUT2D eigenvalue weighted by atomic mass is 10.2. The molecule has 0 spiro atoms. The lowest BCUT2D eigenvalue weighted by molar-refractivity contribution is -0.112. The molecule has 110 valence electrons. The highest BCUT2D eigenvalue weighted by Crippen LogP contribution is 2.25. The number of anilines is 1. The molecule has 0 aliphatic carbocycles. The van der Waals surface area contributed by atoms with Gasteiger partial charge in [-0.1, -0.05) is 27.3 Å². The summed E-state index contributed by atoms with van der Waals surface area (Å²) >= 11 is -0.412. The Morgan fingerprint density at radius 2 is 2.23 bits per heavy atom. The number of rotatable bonds is 4. The van der Waals surface area contributed by atoms with E-state index in [1.54, 1.807) is 12.4 Å². The molecular formula is C16H12IN3O2. The molecule has 0 saturated carbocycles. The van der Waals surface area contributed by atoms with Crippen LogP contribution in [0.4, 0.5) is 5.69 Å². The van der Waals surface area contributed by atoms with Crippen molar-refractivity contribution in [3.8, 4) is 0 Å². The Hall–Kier alpha value is -2.35. The third kappa shape index (κ3) is 2.82. The second-order valence-corrected chi connectivity index (χ2v) is 6.98. The summed E-state index contributed by atoms with van der Waals surface area (Å²) < 4.78 is 4.89. The summed E-state index contributed by atoms with van der Waals surface area (Å²) in [5.74, 6) is -0.252. The van der Waals surface area contributed by atoms with E-state index in [-0.39, 0.29) is 5.91 Å². The van der Waals surface area contributed by atoms with E-state index >= 15 is 0 Å². The molecule has 3 rings (SSSR count). The number of imidazole rings is 1. The number of amides is 1. The largest absolute Gasteiger partial charge is 0.322 e. The summed E-state index contributed by atoms with van der Waals surface area (Å²) in [4.78, 5) is 26.6. The van der Waals surface area contributed by atoms with E-state index in [1.807, 2.05) is 28.9 Å². The molecule has 1 aliphatic rings. The van der Waals surface area contributed by atoms with E-state index in [0.717, 1.165) is 26.6 Å². The van der Waals surface area contributed by atoms with Crippen LogP contribution in [0.25, 0.3) is 16.7 Å². The van der Waals surface area contributed by atoms with Crippen molar-refractivity contribution in [3.63, 3.8) is 0 Å². The van der Waals surface area contributed by atoms with Crippen LogP contribution in [0, 0.1) is 0 Å². The van der Waals surface area contributed by atoms with E-state index in [2.05, 4.69) is 20.9 Å². The quantitative estimate of drug-likeness (QED) is 0.484. The van der Waals surface area contributed by atoms with Gasteiger partial charge in [-0.3, -0.25) is 14.2 Å². The molecule has 0 bridgehead atoms. The topological polar surface area (TPSA) is 64.0 Å². The Bertz CT molecular complexity index is 875. The molecule has 0 saturated heterocycles. The minimum Gasteiger partial charge on any atom is -0.322 e. The number of hydrogen-bond acceptors (Lipinski definition) is 3. The third-order valence-corrected chi connectivity index (χ3v) is 5.38. The molecule has 0 atom stereocenters. The van der Waals surface area contributed by atoms with Gasteiger partial charge in [-0.2, -0.15) is 0 Å². The minimum absolute atomic E-state index is 0.252. The van der Waals surface area contributed by atoms with Gasteiger partial charge >= 0.3 is 0 Å². The summed E-state index contributed by atoms with van der Waals surface area (Å²) in [5.41, 5.74) is 3.42. The lowest BCUT2D eigenvalue weighted by Gasteiger charge is -2.08. The molecule has 6 heteroatoms. The van der Waals surface area contributed by atoms with Crippen LogP contribution in [0.1, 0.15) is 0 Å². The Morgan fingerprint density at radius 3 is 2.91 bits per heavy atom. The fourth-order valence-electron chi connectivity index (χ4n) is 2.04. The van der Waals surface area contributed by atoms with Crippen LogP contribution in [0.2, 0.25) is 0 Å². The number of carbonyl (C=O) groups is 2. The molecule has 1 aliphatic heterocycles. The average molecular weight is 405 g/mol. The predicted octanol–water partition coefficient (Wildman–Crippen LogP) is 2.87. The molecule has 2 aromatic rings. The molecule has 1 aromatic heterocycles. The highest BCUT2D eigenvalue weighted by atomic mass is 127. The number of aldehydes is 1. The fraction of sp³-hybridized carbons (Fsp3) is 0. The molecular weight excluding hydrogens is 393 g/mol. The van der Waals surface area contributed by atoms with Crippen molar-refractivity contribution in [2.24, 2.45) is 0 Å². The number of benzene rings is 1. The first kappa shape index (κ1) is 14.6. The van der Waals surface area contributed by atoms with Crippen LogP contribution in [0.3, 0.4) is 0 Å². The number of halogens is 1. The predicted molar refractivity (Wildman–Crippen MR) is 97.1 cm³/mol. The maximum absolute atomic E-state index is 11.4. The molecule has 0 fully saturated rings. The number of aromatic nitrogens is 2. The van der Waals surface area contributed by atoms with E-state index in [0.29, 0.717) is 5.69 Å². The Kier molecular flexibility index (Phi) is 4.10. The molecule has 1 aromatic carbocycles. The Labute approximate surface area is 136 Å². The number of hydrogen-bond donors (Lipinski definition) is 1.